The van der Waals surface area contributed by atoms with E-state index in [-0.39, 0.29) is 11.7 Å². The SMILES string of the molecule is CCOC(=O)CSc1nc(C)cc(-c2ccc(OC)cc2)n1. The molecule has 0 unspecified atom stereocenters. The van der Waals surface area contributed by atoms with Crippen LogP contribution in [0.1, 0.15) is 12.6 Å². The predicted molar refractivity (Wildman–Crippen MR) is 86.1 cm³/mol. The van der Waals surface area contributed by atoms with E-state index in [1.54, 1.807) is 14.0 Å². The number of aryl methyl sites for hydroxylation is 1. The normalized spacial score (nSPS) is 10.3. The number of hydrogen-bond acceptors (Lipinski definition) is 6. The lowest BCUT2D eigenvalue weighted by molar-refractivity contribution is -0.139. The molecule has 0 amide bonds. The highest BCUT2D eigenvalue weighted by Gasteiger charge is 2.09. The van der Waals surface area contributed by atoms with E-state index >= 15 is 0 Å². The molecule has 0 aliphatic carbocycles. The molecule has 0 bridgehead atoms. The maximum atomic E-state index is 11.4. The smallest absolute Gasteiger partial charge is 0.316 e. The van der Waals surface area contributed by atoms with Crippen LogP contribution in [0, 0.1) is 6.92 Å². The molecule has 0 spiro atoms. The number of aromatic nitrogens is 2. The van der Waals surface area contributed by atoms with Crippen LogP contribution in [0.3, 0.4) is 0 Å². The van der Waals surface area contributed by atoms with Crippen molar-refractivity contribution in [3.63, 3.8) is 0 Å². The zero-order chi connectivity index (χ0) is 15.9. The minimum absolute atomic E-state index is 0.208. The van der Waals surface area contributed by atoms with Crippen LogP contribution in [-0.4, -0.2) is 35.4 Å². The fourth-order valence-corrected chi connectivity index (χ4v) is 2.54. The van der Waals surface area contributed by atoms with Gasteiger partial charge in [-0.3, -0.25) is 4.79 Å². The van der Waals surface area contributed by atoms with E-state index < -0.39 is 0 Å². The number of esters is 1. The van der Waals surface area contributed by atoms with Gasteiger partial charge in [0.2, 0.25) is 0 Å². The second-order valence-electron chi connectivity index (χ2n) is 4.50. The molecule has 0 radical (unpaired) electrons. The van der Waals surface area contributed by atoms with E-state index in [1.807, 2.05) is 37.3 Å². The van der Waals surface area contributed by atoms with Gasteiger partial charge in [-0.1, -0.05) is 11.8 Å². The van der Waals surface area contributed by atoms with E-state index in [0.29, 0.717) is 11.8 Å². The molecule has 1 aromatic carbocycles. The fourth-order valence-electron chi connectivity index (χ4n) is 1.84. The third kappa shape index (κ3) is 4.46. The number of thioether (sulfide) groups is 1. The molecule has 1 heterocycles. The maximum Gasteiger partial charge on any atom is 0.316 e. The average molecular weight is 318 g/mol. The van der Waals surface area contributed by atoms with Crippen LogP contribution < -0.4 is 4.74 Å². The molecule has 2 rings (SSSR count). The molecule has 0 saturated carbocycles. The van der Waals surface area contributed by atoms with Crippen molar-refractivity contribution < 1.29 is 14.3 Å². The molecule has 0 aliphatic rings. The van der Waals surface area contributed by atoms with Gasteiger partial charge in [-0.15, -0.1) is 0 Å². The van der Waals surface area contributed by atoms with Crippen LogP contribution in [0.25, 0.3) is 11.3 Å². The Morgan fingerprint density at radius 1 is 1.23 bits per heavy atom. The molecule has 22 heavy (non-hydrogen) atoms. The van der Waals surface area contributed by atoms with Crippen LogP contribution in [0.5, 0.6) is 5.75 Å². The Labute approximate surface area is 134 Å². The zero-order valence-electron chi connectivity index (χ0n) is 12.8. The predicted octanol–water partition coefficient (Wildman–Crippen LogP) is 3.12. The third-order valence-corrected chi connectivity index (χ3v) is 3.66. The Hall–Kier alpha value is -2.08. The standard InChI is InChI=1S/C16H18N2O3S/c1-4-21-15(19)10-22-16-17-11(2)9-14(18-16)12-5-7-13(20-3)8-6-12/h5-9H,4,10H2,1-3H3. The monoisotopic (exact) mass is 318 g/mol. The first-order valence-corrected chi connectivity index (χ1v) is 7.89. The van der Waals surface area contributed by atoms with Crippen LogP contribution in [0.2, 0.25) is 0 Å². The highest BCUT2D eigenvalue weighted by Crippen LogP contribution is 2.23. The van der Waals surface area contributed by atoms with Crippen molar-refractivity contribution in [1.29, 1.82) is 0 Å². The summed E-state index contributed by atoms with van der Waals surface area (Å²) in [6.07, 6.45) is 0. The van der Waals surface area contributed by atoms with Gasteiger partial charge in [0.05, 0.1) is 25.2 Å². The Bertz CT molecular complexity index is 644. The molecule has 1 aromatic heterocycles. The Balaban J connectivity index is 2.16. The summed E-state index contributed by atoms with van der Waals surface area (Å²) in [4.78, 5) is 20.3. The summed E-state index contributed by atoms with van der Waals surface area (Å²) >= 11 is 1.28. The number of nitrogens with zero attached hydrogens (tertiary/aromatic N) is 2. The highest BCUT2D eigenvalue weighted by atomic mass is 32.2. The first kappa shape index (κ1) is 16.3. The molecule has 0 fully saturated rings. The van der Waals surface area contributed by atoms with Crippen molar-refractivity contribution in [3.05, 3.63) is 36.0 Å². The minimum Gasteiger partial charge on any atom is -0.497 e. The molecular formula is C16H18N2O3S. The topological polar surface area (TPSA) is 61.3 Å². The number of rotatable bonds is 6. The van der Waals surface area contributed by atoms with Gasteiger partial charge in [-0.25, -0.2) is 9.97 Å². The van der Waals surface area contributed by atoms with Gasteiger partial charge in [0, 0.05) is 11.3 Å². The first-order chi connectivity index (χ1) is 10.6. The first-order valence-electron chi connectivity index (χ1n) is 6.91. The molecule has 0 atom stereocenters. The van der Waals surface area contributed by atoms with Gasteiger partial charge in [0.1, 0.15) is 5.75 Å². The molecule has 116 valence electrons. The van der Waals surface area contributed by atoms with Crippen molar-refractivity contribution in [2.75, 3.05) is 19.5 Å². The van der Waals surface area contributed by atoms with Crippen LogP contribution in [0.15, 0.2) is 35.5 Å². The quantitative estimate of drug-likeness (QED) is 0.463. The zero-order valence-corrected chi connectivity index (χ0v) is 13.6. The van der Waals surface area contributed by atoms with Crippen LogP contribution in [-0.2, 0) is 9.53 Å². The summed E-state index contributed by atoms with van der Waals surface area (Å²) in [6.45, 7) is 4.07. The van der Waals surface area contributed by atoms with Gasteiger partial charge in [0.15, 0.2) is 5.16 Å². The number of hydrogen-bond donors (Lipinski definition) is 0. The summed E-state index contributed by atoms with van der Waals surface area (Å²) in [6, 6.07) is 9.58. The van der Waals surface area contributed by atoms with Crippen LogP contribution in [0.4, 0.5) is 0 Å². The maximum absolute atomic E-state index is 11.4. The lowest BCUT2D eigenvalue weighted by Gasteiger charge is -2.07. The second kappa shape index (κ2) is 7.79. The number of benzene rings is 1. The van der Waals surface area contributed by atoms with E-state index in [1.165, 1.54) is 11.8 Å². The van der Waals surface area contributed by atoms with Crippen molar-refractivity contribution in [2.24, 2.45) is 0 Å². The lowest BCUT2D eigenvalue weighted by Crippen LogP contribution is -2.07. The summed E-state index contributed by atoms with van der Waals surface area (Å²) in [5, 5.41) is 0.568. The van der Waals surface area contributed by atoms with Crippen molar-refractivity contribution in [1.82, 2.24) is 9.97 Å². The summed E-state index contributed by atoms with van der Waals surface area (Å²) in [5.41, 5.74) is 2.65. The molecule has 6 heteroatoms. The molecule has 0 aliphatic heterocycles. The molecule has 2 aromatic rings. The fraction of sp³-hybridized carbons (Fsp3) is 0.312. The number of methoxy groups -OCH3 is 1. The van der Waals surface area contributed by atoms with Gasteiger partial charge in [-0.05, 0) is 44.2 Å². The molecule has 5 nitrogen and oxygen atoms in total. The largest absolute Gasteiger partial charge is 0.497 e. The minimum atomic E-state index is -0.261. The van der Waals surface area contributed by atoms with Crippen molar-refractivity contribution in [2.45, 2.75) is 19.0 Å². The molecule has 0 N–H and O–H groups in total. The van der Waals surface area contributed by atoms with Gasteiger partial charge in [0.25, 0.3) is 0 Å². The van der Waals surface area contributed by atoms with E-state index in [2.05, 4.69) is 9.97 Å². The van der Waals surface area contributed by atoms with E-state index in [9.17, 15) is 4.79 Å². The molecular weight excluding hydrogens is 300 g/mol. The molecule has 0 saturated heterocycles. The van der Waals surface area contributed by atoms with Gasteiger partial charge >= 0.3 is 5.97 Å². The second-order valence-corrected chi connectivity index (χ2v) is 5.44. The van der Waals surface area contributed by atoms with Gasteiger partial charge < -0.3 is 9.47 Å². The number of carbonyl (C=O) groups is 1. The summed E-state index contributed by atoms with van der Waals surface area (Å²) in [7, 11) is 1.63. The van der Waals surface area contributed by atoms with Crippen LogP contribution >= 0.6 is 11.8 Å². The Morgan fingerprint density at radius 2 is 1.95 bits per heavy atom. The number of ether oxygens (including phenoxy) is 2. The lowest BCUT2D eigenvalue weighted by atomic mass is 10.1. The van der Waals surface area contributed by atoms with E-state index in [0.717, 1.165) is 22.7 Å². The highest BCUT2D eigenvalue weighted by molar-refractivity contribution is 7.99. The number of carbonyl (C=O) groups excluding carboxylic acids is 1. The van der Waals surface area contributed by atoms with Crippen molar-refractivity contribution in [3.8, 4) is 17.0 Å². The van der Waals surface area contributed by atoms with Crippen molar-refractivity contribution >= 4 is 17.7 Å². The summed E-state index contributed by atoms with van der Waals surface area (Å²) < 4.78 is 10.1. The van der Waals surface area contributed by atoms with Gasteiger partial charge in [-0.2, -0.15) is 0 Å². The Kier molecular flexibility index (Phi) is 5.77. The third-order valence-electron chi connectivity index (χ3n) is 2.84. The Morgan fingerprint density at radius 3 is 2.59 bits per heavy atom. The summed E-state index contributed by atoms with van der Waals surface area (Å²) in [5.74, 6) is 0.745. The van der Waals surface area contributed by atoms with E-state index in [4.69, 9.17) is 9.47 Å². The average Bonchev–Trinajstić information content (AvgIpc) is 2.53.